The molecule has 0 atom stereocenters. The number of nitrogens with one attached hydrogen (secondary N) is 2. The lowest BCUT2D eigenvalue weighted by molar-refractivity contribution is 0.554. The standard InChI is InChI=1S/C26H28N6/c1-25(2,3)22-14-27-21(13-28-22)23-29-17-9-7-15(11-19(17)30-23)16-8-10-18-20(12-16)32-24(31-18)26(4,5)6/h7-14H,1-6H3,(H,29,30)(H,31,32). The number of benzene rings is 2. The van der Waals surface area contributed by atoms with Crippen LogP contribution in [0.4, 0.5) is 0 Å². The van der Waals surface area contributed by atoms with Gasteiger partial charge in [0, 0.05) is 17.0 Å². The van der Waals surface area contributed by atoms with Gasteiger partial charge in [0.05, 0.1) is 34.0 Å². The van der Waals surface area contributed by atoms with Crippen LogP contribution >= 0.6 is 0 Å². The van der Waals surface area contributed by atoms with E-state index in [1.807, 2.05) is 12.3 Å². The van der Waals surface area contributed by atoms with Crippen LogP contribution in [-0.2, 0) is 10.8 Å². The summed E-state index contributed by atoms with van der Waals surface area (Å²) in [7, 11) is 0. The van der Waals surface area contributed by atoms with Gasteiger partial charge in [-0.1, -0.05) is 53.7 Å². The van der Waals surface area contributed by atoms with Gasteiger partial charge < -0.3 is 9.97 Å². The Morgan fingerprint density at radius 1 is 0.656 bits per heavy atom. The molecule has 5 rings (SSSR count). The number of fused-ring (bicyclic) bond motifs is 2. The number of hydrogen-bond donors (Lipinski definition) is 2. The highest BCUT2D eigenvalue weighted by molar-refractivity contribution is 5.87. The normalized spacial score (nSPS) is 12.7. The Hall–Kier alpha value is -3.54. The fourth-order valence-electron chi connectivity index (χ4n) is 3.69. The molecule has 32 heavy (non-hydrogen) atoms. The van der Waals surface area contributed by atoms with Crippen LogP contribution in [0.1, 0.15) is 53.1 Å². The van der Waals surface area contributed by atoms with E-state index in [2.05, 4.69) is 91.8 Å². The number of aromatic amines is 2. The van der Waals surface area contributed by atoms with Gasteiger partial charge >= 0.3 is 0 Å². The number of hydrogen-bond acceptors (Lipinski definition) is 4. The summed E-state index contributed by atoms with van der Waals surface area (Å²) in [6, 6.07) is 12.6. The van der Waals surface area contributed by atoms with Gasteiger partial charge in [-0.2, -0.15) is 0 Å². The molecule has 0 unspecified atom stereocenters. The van der Waals surface area contributed by atoms with Gasteiger partial charge in [0.15, 0.2) is 5.82 Å². The van der Waals surface area contributed by atoms with Crippen molar-refractivity contribution in [1.82, 2.24) is 29.9 Å². The van der Waals surface area contributed by atoms with Gasteiger partial charge in [-0.25, -0.2) is 15.0 Å². The van der Waals surface area contributed by atoms with Crippen molar-refractivity contribution in [1.29, 1.82) is 0 Å². The van der Waals surface area contributed by atoms with Crippen molar-refractivity contribution >= 4 is 22.1 Å². The SMILES string of the molecule is CC(C)(C)c1cnc(-c2nc3ccc(-c4ccc5nc(C(C)(C)C)[nH]c5c4)cc3[nH]2)cn1. The lowest BCUT2D eigenvalue weighted by Crippen LogP contribution is -2.13. The second-order valence-electron chi connectivity index (χ2n) is 10.4. The first-order chi connectivity index (χ1) is 15.1. The van der Waals surface area contributed by atoms with Crippen LogP contribution in [0.5, 0.6) is 0 Å². The molecule has 0 fully saturated rings. The molecule has 0 aliphatic heterocycles. The molecule has 3 aromatic heterocycles. The molecule has 2 N–H and O–H groups in total. The van der Waals surface area contributed by atoms with Crippen LogP contribution < -0.4 is 0 Å². The Morgan fingerprint density at radius 3 is 1.84 bits per heavy atom. The van der Waals surface area contributed by atoms with E-state index in [1.165, 1.54) is 0 Å². The molecule has 0 aliphatic carbocycles. The summed E-state index contributed by atoms with van der Waals surface area (Å²) in [5.74, 6) is 1.72. The smallest absolute Gasteiger partial charge is 0.158 e. The fourth-order valence-corrected chi connectivity index (χ4v) is 3.69. The van der Waals surface area contributed by atoms with Crippen LogP contribution in [0.15, 0.2) is 48.8 Å². The highest BCUT2D eigenvalue weighted by atomic mass is 15.0. The Morgan fingerprint density at radius 2 is 1.28 bits per heavy atom. The van der Waals surface area contributed by atoms with E-state index in [1.54, 1.807) is 6.20 Å². The third kappa shape index (κ3) is 3.66. The summed E-state index contributed by atoms with van der Waals surface area (Å²) in [4.78, 5) is 25.5. The lowest BCUT2D eigenvalue weighted by atomic mass is 9.93. The van der Waals surface area contributed by atoms with Crippen LogP contribution in [-0.4, -0.2) is 29.9 Å². The van der Waals surface area contributed by atoms with Crippen molar-refractivity contribution in [2.45, 2.75) is 52.4 Å². The number of H-pyrrole nitrogens is 2. The molecular formula is C26H28N6. The predicted molar refractivity (Wildman–Crippen MR) is 130 cm³/mol. The van der Waals surface area contributed by atoms with Gasteiger partial charge in [-0.3, -0.25) is 4.98 Å². The van der Waals surface area contributed by atoms with Gasteiger partial charge in [-0.15, -0.1) is 0 Å². The lowest BCUT2D eigenvalue weighted by Gasteiger charge is -2.16. The van der Waals surface area contributed by atoms with Crippen molar-refractivity contribution in [2.75, 3.05) is 0 Å². The van der Waals surface area contributed by atoms with Crippen LogP contribution in [0.3, 0.4) is 0 Å². The summed E-state index contributed by atoms with van der Waals surface area (Å²) < 4.78 is 0. The van der Waals surface area contributed by atoms with Crippen molar-refractivity contribution in [3.8, 4) is 22.6 Å². The molecule has 0 bridgehead atoms. The second kappa shape index (κ2) is 6.99. The zero-order valence-corrected chi connectivity index (χ0v) is 19.4. The Labute approximate surface area is 187 Å². The monoisotopic (exact) mass is 424 g/mol. The topological polar surface area (TPSA) is 83.1 Å². The molecule has 6 heteroatoms. The Kier molecular flexibility index (Phi) is 4.45. The largest absolute Gasteiger partial charge is 0.342 e. The number of imidazole rings is 2. The van der Waals surface area contributed by atoms with Gasteiger partial charge in [-0.05, 0) is 35.4 Å². The summed E-state index contributed by atoms with van der Waals surface area (Å²) in [5, 5.41) is 0. The third-order valence-corrected chi connectivity index (χ3v) is 5.67. The molecule has 0 radical (unpaired) electrons. The quantitative estimate of drug-likeness (QED) is 0.355. The summed E-state index contributed by atoms with van der Waals surface area (Å²) >= 11 is 0. The minimum absolute atomic E-state index is 0.0155. The van der Waals surface area contributed by atoms with Gasteiger partial charge in [0.25, 0.3) is 0 Å². The number of nitrogens with zero attached hydrogens (tertiary/aromatic N) is 4. The molecule has 0 amide bonds. The second-order valence-corrected chi connectivity index (χ2v) is 10.4. The summed E-state index contributed by atoms with van der Waals surface area (Å²) in [5.41, 5.74) is 7.82. The van der Waals surface area contributed by atoms with Crippen molar-refractivity contribution in [2.24, 2.45) is 0 Å². The number of aromatic nitrogens is 6. The van der Waals surface area contributed by atoms with Gasteiger partial charge in [0.1, 0.15) is 11.5 Å². The van der Waals surface area contributed by atoms with E-state index in [4.69, 9.17) is 9.97 Å². The molecular weight excluding hydrogens is 396 g/mol. The van der Waals surface area contributed by atoms with E-state index in [-0.39, 0.29) is 10.8 Å². The van der Waals surface area contributed by atoms with E-state index >= 15 is 0 Å². The average molecular weight is 425 g/mol. The van der Waals surface area contributed by atoms with Crippen molar-refractivity contribution in [3.05, 3.63) is 60.3 Å². The maximum absolute atomic E-state index is 4.74. The summed E-state index contributed by atoms with van der Waals surface area (Å²) in [6.07, 6.45) is 3.62. The molecule has 0 spiro atoms. The number of rotatable bonds is 2. The maximum Gasteiger partial charge on any atom is 0.158 e. The van der Waals surface area contributed by atoms with E-state index in [0.29, 0.717) is 0 Å². The highest BCUT2D eigenvalue weighted by Crippen LogP contribution is 2.29. The molecule has 2 aromatic carbocycles. The zero-order chi connectivity index (χ0) is 22.7. The highest BCUT2D eigenvalue weighted by Gasteiger charge is 2.19. The molecule has 3 heterocycles. The summed E-state index contributed by atoms with van der Waals surface area (Å²) in [6.45, 7) is 12.9. The van der Waals surface area contributed by atoms with E-state index in [0.717, 1.165) is 56.2 Å². The average Bonchev–Trinajstić information content (AvgIpc) is 3.36. The predicted octanol–water partition coefficient (Wildman–Crippen LogP) is 6.16. The van der Waals surface area contributed by atoms with Crippen LogP contribution in [0.25, 0.3) is 44.7 Å². The Bertz CT molecular complexity index is 1430. The minimum atomic E-state index is -0.0300. The molecule has 162 valence electrons. The first kappa shape index (κ1) is 20.4. The molecule has 0 saturated heterocycles. The van der Waals surface area contributed by atoms with Crippen molar-refractivity contribution < 1.29 is 0 Å². The molecule has 0 saturated carbocycles. The first-order valence-corrected chi connectivity index (χ1v) is 10.9. The van der Waals surface area contributed by atoms with E-state index in [9.17, 15) is 0 Å². The van der Waals surface area contributed by atoms with Crippen LogP contribution in [0.2, 0.25) is 0 Å². The first-order valence-electron chi connectivity index (χ1n) is 10.9. The zero-order valence-electron chi connectivity index (χ0n) is 19.4. The Balaban J connectivity index is 1.50. The van der Waals surface area contributed by atoms with Gasteiger partial charge in [0.2, 0.25) is 0 Å². The maximum atomic E-state index is 4.74. The van der Waals surface area contributed by atoms with E-state index < -0.39 is 0 Å². The third-order valence-electron chi connectivity index (χ3n) is 5.67. The molecule has 5 aromatic rings. The minimum Gasteiger partial charge on any atom is -0.342 e. The van der Waals surface area contributed by atoms with Crippen LogP contribution in [0, 0.1) is 0 Å². The fraction of sp³-hybridized carbons (Fsp3) is 0.308. The van der Waals surface area contributed by atoms with Crippen molar-refractivity contribution in [3.63, 3.8) is 0 Å². The molecule has 6 nitrogen and oxygen atoms in total. The molecule has 0 aliphatic rings.